The van der Waals surface area contributed by atoms with Crippen LogP contribution in [0.2, 0.25) is 0 Å². The lowest BCUT2D eigenvalue weighted by atomic mass is 9.90. The van der Waals surface area contributed by atoms with E-state index in [1.54, 1.807) is 0 Å². The minimum absolute atomic E-state index is 0.0312. The first kappa shape index (κ1) is 9.48. The van der Waals surface area contributed by atoms with Gasteiger partial charge in [-0.1, -0.05) is 19.3 Å². The van der Waals surface area contributed by atoms with E-state index >= 15 is 0 Å². The first-order chi connectivity index (χ1) is 5.62. The Kier molecular flexibility index (Phi) is 3.05. The fourth-order valence-electron chi connectivity index (χ4n) is 1.61. The summed E-state index contributed by atoms with van der Waals surface area (Å²) in [6.45, 7) is -0.0312. The molecule has 0 aliphatic heterocycles. The maximum absolute atomic E-state index is 10.3. The standard InChI is InChI=1S/C8H16N2O2/c9-8(10-6-7(11)12)4-2-1-3-5-8/h10H,1-6,9H2,(H,11,12). The summed E-state index contributed by atoms with van der Waals surface area (Å²) in [6.07, 6.45) is 5.19. The van der Waals surface area contributed by atoms with E-state index in [0.29, 0.717) is 0 Å². The highest BCUT2D eigenvalue weighted by atomic mass is 16.4. The van der Waals surface area contributed by atoms with Gasteiger partial charge in [0.1, 0.15) is 0 Å². The second-order valence-corrected chi connectivity index (χ2v) is 3.46. The van der Waals surface area contributed by atoms with Crippen LogP contribution in [0, 0.1) is 0 Å². The molecule has 0 aromatic rings. The maximum atomic E-state index is 10.3. The van der Waals surface area contributed by atoms with Crippen LogP contribution in [0.1, 0.15) is 32.1 Å². The summed E-state index contributed by atoms with van der Waals surface area (Å²) in [5.41, 5.74) is 5.51. The molecule has 4 nitrogen and oxygen atoms in total. The lowest BCUT2D eigenvalue weighted by molar-refractivity contribution is -0.136. The molecule has 0 heterocycles. The fourth-order valence-corrected chi connectivity index (χ4v) is 1.61. The summed E-state index contributed by atoms with van der Waals surface area (Å²) in [5, 5.41) is 11.3. The molecule has 1 saturated carbocycles. The van der Waals surface area contributed by atoms with E-state index in [9.17, 15) is 4.79 Å². The molecular weight excluding hydrogens is 156 g/mol. The van der Waals surface area contributed by atoms with Crippen molar-refractivity contribution in [3.63, 3.8) is 0 Å². The minimum atomic E-state index is -0.842. The Hall–Kier alpha value is -0.610. The smallest absolute Gasteiger partial charge is 0.317 e. The van der Waals surface area contributed by atoms with E-state index in [-0.39, 0.29) is 6.54 Å². The van der Waals surface area contributed by atoms with Gasteiger partial charge in [-0.05, 0) is 12.8 Å². The quantitative estimate of drug-likeness (QED) is 0.534. The number of nitrogens with two attached hydrogens (primary N) is 1. The van der Waals surface area contributed by atoms with Gasteiger partial charge in [-0.3, -0.25) is 10.1 Å². The zero-order valence-corrected chi connectivity index (χ0v) is 7.18. The molecule has 0 atom stereocenters. The van der Waals surface area contributed by atoms with E-state index in [4.69, 9.17) is 10.8 Å². The van der Waals surface area contributed by atoms with Gasteiger partial charge in [0.15, 0.2) is 0 Å². The van der Waals surface area contributed by atoms with Crippen LogP contribution in [-0.2, 0) is 4.79 Å². The third-order valence-electron chi connectivity index (χ3n) is 2.34. The number of hydrogen-bond donors (Lipinski definition) is 3. The molecule has 1 aliphatic carbocycles. The summed E-state index contributed by atoms with van der Waals surface area (Å²) in [6, 6.07) is 0. The number of hydrogen-bond acceptors (Lipinski definition) is 3. The fraction of sp³-hybridized carbons (Fsp3) is 0.875. The Morgan fingerprint density at radius 2 is 2.00 bits per heavy atom. The van der Waals surface area contributed by atoms with Crippen molar-refractivity contribution in [2.24, 2.45) is 5.73 Å². The van der Waals surface area contributed by atoms with Crippen LogP contribution in [-0.4, -0.2) is 23.3 Å². The van der Waals surface area contributed by atoms with Crippen LogP contribution < -0.4 is 11.1 Å². The van der Waals surface area contributed by atoms with E-state index in [2.05, 4.69) is 5.32 Å². The molecule has 0 radical (unpaired) electrons. The Morgan fingerprint density at radius 1 is 1.42 bits per heavy atom. The molecule has 1 fully saturated rings. The first-order valence-corrected chi connectivity index (χ1v) is 4.38. The Labute approximate surface area is 72.1 Å². The molecule has 70 valence electrons. The Balaban J connectivity index is 2.31. The van der Waals surface area contributed by atoms with Crippen LogP contribution in [0.3, 0.4) is 0 Å². The predicted molar refractivity (Wildman–Crippen MR) is 45.6 cm³/mol. The number of carboxylic acids is 1. The third-order valence-corrected chi connectivity index (χ3v) is 2.34. The van der Waals surface area contributed by atoms with Crippen LogP contribution >= 0.6 is 0 Å². The van der Waals surface area contributed by atoms with E-state index in [1.165, 1.54) is 6.42 Å². The Morgan fingerprint density at radius 3 is 2.50 bits per heavy atom. The van der Waals surface area contributed by atoms with Gasteiger partial charge in [0.25, 0.3) is 0 Å². The molecule has 1 rings (SSSR count). The summed E-state index contributed by atoms with van der Waals surface area (Å²) in [4.78, 5) is 10.3. The molecule has 4 heteroatoms. The lowest BCUT2D eigenvalue weighted by Crippen LogP contribution is -2.55. The highest BCUT2D eigenvalue weighted by Gasteiger charge is 2.26. The van der Waals surface area contributed by atoms with Crippen LogP contribution in [0.25, 0.3) is 0 Å². The van der Waals surface area contributed by atoms with E-state index in [0.717, 1.165) is 25.7 Å². The van der Waals surface area contributed by atoms with Crippen molar-refractivity contribution >= 4 is 5.97 Å². The molecule has 0 aromatic heterocycles. The predicted octanol–water partition coefficient (Wildman–Crippen LogP) is 0.280. The molecule has 0 saturated heterocycles. The van der Waals surface area contributed by atoms with Crippen molar-refractivity contribution in [3.05, 3.63) is 0 Å². The van der Waals surface area contributed by atoms with Crippen LogP contribution in [0.5, 0.6) is 0 Å². The van der Waals surface area contributed by atoms with Crippen molar-refractivity contribution in [2.45, 2.75) is 37.8 Å². The van der Waals surface area contributed by atoms with Gasteiger partial charge in [-0.2, -0.15) is 0 Å². The highest BCUT2D eigenvalue weighted by molar-refractivity contribution is 5.69. The molecule has 0 unspecified atom stereocenters. The molecule has 12 heavy (non-hydrogen) atoms. The zero-order chi connectivity index (χ0) is 9.03. The monoisotopic (exact) mass is 172 g/mol. The normalized spacial score (nSPS) is 22.1. The van der Waals surface area contributed by atoms with Gasteiger partial charge >= 0.3 is 5.97 Å². The van der Waals surface area contributed by atoms with Gasteiger partial charge < -0.3 is 10.8 Å². The van der Waals surface area contributed by atoms with Crippen molar-refractivity contribution in [1.29, 1.82) is 0 Å². The second kappa shape index (κ2) is 3.87. The molecule has 0 amide bonds. The Bertz CT molecular complexity index is 164. The van der Waals surface area contributed by atoms with Crippen molar-refractivity contribution in [2.75, 3.05) is 6.54 Å². The SMILES string of the molecule is NC1(NCC(=O)O)CCCCC1. The molecule has 0 spiro atoms. The van der Waals surface area contributed by atoms with Gasteiger partial charge in [0.05, 0.1) is 12.2 Å². The number of nitrogens with one attached hydrogen (secondary N) is 1. The van der Waals surface area contributed by atoms with Gasteiger partial charge in [0, 0.05) is 0 Å². The number of rotatable bonds is 3. The molecule has 0 bridgehead atoms. The second-order valence-electron chi connectivity index (χ2n) is 3.46. The number of aliphatic carboxylic acids is 1. The highest BCUT2D eigenvalue weighted by Crippen LogP contribution is 2.22. The largest absolute Gasteiger partial charge is 0.480 e. The third kappa shape index (κ3) is 2.79. The van der Waals surface area contributed by atoms with Crippen molar-refractivity contribution in [1.82, 2.24) is 5.32 Å². The molecule has 0 aromatic carbocycles. The van der Waals surface area contributed by atoms with Gasteiger partial charge in [-0.25, -0.2) is 0 Å². The summed E-state index contributed by atoms with van der Waals surface area (Å²) < 4.78 is 0. The van der Waals surface area contributed by atoms with Crippen molar-refractivity contribution < 1.29 is 9.90 Å². The van der Waals surface area contributed by atoms with E-state index < -0.39 is 11.6 Å². The minimum Gasteiger partial charge on any atom is -0.480 e. The zero-order valence-electron chi connectivity index (χ0n) is 7.18. The maximum Gasteiger partial charge on any atom is 0.317 e. The van der Waals surface area contributed by atoms with Crippen LogP contribution in [0.4, 0.5) is 0 Å². The summed E-state index contributed by atoms with van der Waals surface area (Å²) >= 11 is 0. The molecule has 4 N–H and O–H groups in total. The van der Waals surface area contributed by atoms with Crippen molar-refractivity contribution in [3.8, 4) is 0 Å². The topological polar surface area (TPSA) is 75.3 Å². The van der Waals surface area contributed by atoms with Gasteiger partial charge in [0.2, 0.25) is 0 Å². The number of carboxylic acid groups (broad SMARTS) is 1. The number of carbonyl (C=O) groups is 1. The van der Waals surface area contributed by atoms with E-state index in [1.807, 2.05) is 0 Å². The summed E-state index contributed by atoms with van der Waals surface area (Å²) in [5.74, 6) is -0.842. The lowest BCUT2D eigenvalue weighted by Gasteiger charge is -2.33. The molecular formula is C8H16N2O2. The van der Waals surface area contributed by atoms with Crippen LogP contribution in [0.15, 0.2) is 0 Å². The first-order valence-electron chi connectivity index (χ1n) is 4.38. The summed E-state index contributed by atoms with van der Waals surface area (Å²) in [7, 11) is 0. The molecule has 1 aliphatic rings. The average Bonchev–Trinajstić information content (AvgIpc) is 2.03. The average molecular weight is 172 g/mol. The van der Waals surface area contributed by atoms with Gasteiger partial charge in [-0.15, -0.1) is 0 Å².